The van der Waals surface area contributed by atoms with E-state index < -0.39 is 10.0 Å². The first-order chi connectivity index (χ1) is 11.1. The molecule has 1 N–H and O–H groups in total. The average molecular weight is 351 g/mol. The van der Waals surface area contributed by atoms with E-state index >= 15 is 0 Å². The number of hydrogen-bond donors (Lipinski definition) is 1. The molecule has 0 saturated heterocycles. The van der Waals surface area contributed by atoms with Gasteiger partial charge in [-0.25, -0.2) is 13.1 Å². The van der Waals surface area contributed by atoms with Crippen molar-refractivity contribution in [3.05, 3.63) is 46.3 Å². The average Bonchev–Trinajstić information content (AvgIpc) is 3.20. The lowest BCUT2D eigenvalue weighted by atomic mass is 10.1. The van der Waals surface area contributed by atoms with E-state index in [0.29, 0.717) is 10.8 Å². The van der Waals surface area contributed by atoms with Crippen molar-refractivity contribution in [1.82, 2.24) is 4.72 Å². The minimum Gasteiger partial charge on any atom is -0.492 e. The summed E-state index contributed by atoms with van der Waals surface area (Å²) in [7, 11) is -3.42. The monoisotopic (exact) mass is 351 g/mol. The summed E-state index contributed by atoms with van der Waals surface area (Å²) < 4.78 is 33.0. The first-order valence-electron chi connectivity index (χ1n) is 7.91. The molecular weight excluding hydrogens is 330 g/mol. The number of ether oxygens (including phenoxy) is 1. The predicted molar refractivity (Wildman–Crippen MR) is 92.8 cm³/mol. The molecule has 1 aliphatic carbocycles. The van der Waals surface area contributed by atoms with Gasteiger partial charge in [0.15, 0.2) is 0 Å². The van der Waals surface area contributed by atoms with Gasteiger partial charge in [-0.05, 0) is 61.1 Å². The molecule has 0 amide bonds. The zero-order valence-corrected chi connectivity index (χ0v) is 14.8. The largest absolute Gasteiger partial charge is 0.492 e. The van der Waals surface area contributed by atoms with Crippen molar-refractivity contribution in [2.45, 2.75) is 36.8 Å². The van der Waals surface area contributed by atoms with E-state index in [9.17, 15) is 8.42 Å². The molecule has 0 spiro atoms. The lowest BCUT2D eigenvalue weighted by Crippen LogP contribution is -2.27. The summed E-state index contributed by atoms with van der Waals surface area (Å²) in [5, 5.41) is 0. The van der Waals surface area contributed by atoms with Gasteiger partial charge in [0.25, 0.3) is 0 Å². The standard InChI is InChI=1S/C17H21NO3S2/c1-2-16-8-9-17(22-16)23(19,20)18-10-11-21-15-7-6-13-4-3-5-14(13)12-15/h6-9,12,18H,2-5,10-11H2,1H3. The summed E-state index contributed by atoms with van der Waals surface area (Å²) in [5.41, 5.74) is 2.76. The third kappa shape index (κ3) is 3.94. The van der Waals surface area contributed by atoms with Gasteiger partial charge in [-0.2, -0.15) is 0 Å². The highest BCUT2D eigenvalue weighted by Crippen LogP contribution is 2.26. The van der Waals surface area contributed by atoms with Crippen LogP contribution in [-0.4, -0.2) is 21.6 Å². The highest BCUT2D eigenvalue weighted by Gasteiger charge is 2.16. The SMILES string of the molecule is CCc1ccc(S(=O)(=O)NCCOc2ccc3c(c2)CCC3)s1. The Hall–Kier alpha value is -1.37. The molecule has 1 aliphatic rings. The van der Waals surface area contributed by atoms with E-state index in [4.69, 9.17) is 4.74 Å². The number of nitrogens with one attached hydrogen (secondary N) is 1. The molecule has 3 rings (SSSR count). The zero-order valence-electron chi connectivity index (χ0n) is 13.2. The van der Waals surface area contributed by atoms with E-state index in [2.05, 4.69) is 16.9 Å². The number of hydrogen-bond acceptors (Lipinski definition) is 4. The summed E-state index contributed by atoms with van der Waals surface area (Å²) in [4.78, 5) is 1.07. The molecule has 1 aromatic carbocycles. The number of sulfonamides is 1. The summed E-state index contributed by atoms with van der Waals surface area (Å²) in [6, 6.07) is 9.67. The van der Waals surface area contributed by atoms with Gasteiger partial charge in [0.1, 0.15) is 16.6 Å². The number of thiophene rings is 1. The lowest BCUT2D eigenvalue weighted by Gasteiger charge is -2.09. The fourth-order valence-electron chi connectivity index (χ4n) is 2.75. The molecule has 0 bridgehead atoms. The molecule has 0 fully saturated rings. The second-order valence-electron chi connectivity index (χ2n) is 5.60. The minimum absolute atomic E-state index is 0.263. The van der Waals surface area contributed by atoms with Gasteiger partial charge in [-0.3, -0.25) is 0 Å². The Morgan fingerprint density at radius 1 is 1.17 bits per heavy atom. The molecule has 0 atom stereocenters. The van der Waals surface area contributed by atoms with Crippen LogP contribution in [0.4, 0.5) is 0 Å². The van der Waals surface area contributed by atoms with Crippen LogP contribution < -0.4 is 9.46 Å². The van der Waals surface area contributed by atoms with Crippen LogP contribution in [0.5, 0.6) is 5.75 Å². The normalized spacial score (nSPS) is 14.0. The van der Waals surface area contributed by atoms with Gasteiger partial charge in [-0.15, -0.1) is 11.3 Å². The van der Waals surface area contributed by atoms with Crippen LogP contribution in [0.25, 0.3) is 0 Å². The summed E-state index contributed by atoms with van der Waals surface area (Å²) in [6.07, 6.45) is 4.31. The molecule has 0 saturated carbocycles. The summed E-state index contributed by atoms with van der Waals surface area (Å²) in [6.45, 7) is 2.60. The van der Waals surface area contributed by atoms with Gasteiger partial charge in [0.05, 0.1) is 0 Å². The van der Waals surface area contributed by atoms with E-state index in [1.807, 2.05) is 19.1 Å². The highest BCUT2D eigenvalue weighted by molar-refractivity contribution is 7.91. The smallest absolute Gasteiger partial charge is 0.250 e. The van der Waals surface area contributed by atoms with Crippen molar-refractivity contribution in [1.29, 1.82) is 0 Å². The van der Waals surface area contributed by atoms with Gasteiger partial charge in [-0.1, -0.05) is 13.0 Å². The Labute approximate surface area is 141 Å². The first kappa shape index (κ1) is 16.5. The molecule has 0 radical (unpaired) electrons. The number of fused-ring (bicyclic) bond motifs is 1. The van der Waals surface area contributed by atoms with Crippen LogP contribution in [0.1, 0.15) is 29.3 Å². The van der Waals surface area contributed by atoms with Crippen LogP contribution in [0, 0.1) is 0 Å². The summed E-state index contributed by atoms with van der Waals surface area (Å²) in [5.74, 6) is 0.814. The van der Waals surface area contributed by atoms with E-state index in [1.165, 1.54) is 28.9 Å². The van der Waals surface area contributed by atoms with Crippen molar-refractivity contribution in [3.63, 3.8) is 0 Å². The molecule has 0 unspecified atom stereocenters. The fourth-order valence-corrected chi connectivity index (χ4v) is 5.10. The van der Waals surface area contributed by atoms with Crippen LogP contribution in [0.2, 0.25) is 0 Å². The maximum absolute atomic E-state index is 12.2. The maximum atomic E-state index is 12.2. The van der Waals surface area contributed by atoms with Crippen LogP contribution in [0.3, 0.4) is 0 Å². The predicted octanol–water partition coefficient (Wildman–Crippen LogP) is 3.16. The van der Waals surface area contributed by atoms with Crippen molar-refractivity contribution in [2.24, 2.45) is 0 Å². The molecule has 4 nitrogen and oxygen atoms in total. The molecule has 0 aliphatic heterocycles. The second-order valence-corrected chi connectivity index (χ2v) is 8.77. The topological polar surface area (TPSA) is 55.4 Å². The van der Waals surface area contributed by atoms with Crippen LogP contribution in [-0.2, 0) is 29.3 Å². The van der Waals surface area contributed by atoms with Gasteiger partial charge >= 0.3 is 0 Å². The van der Waals surface area contributed by atoms with Crippen molar-refractivity contribution in [3.8, 4) is 5.75 Å². The molecule has 1 heterocycles. The fraction of sp³-hybridized carbons (Fsp3) is 0.412. The minimum atomic E-state index is -3.42. The maximum Gasteiger partial charge on any atom is 0.250 e. The first-order valence-corrected chi connectivity index (χ1v) is 10.2. The van der Waals surface area contributed by atoms with Gasteiger partial charge < -0.3 is 4.74 Å². The van der Waals surface area contributed by atoms with E-state index in [0.717, 1.165) is 29.9 Å². The van der Waals surface area contributed by atoms with Crippen molar-refractivity contribution in [2.75, 3.05) is 13.2 Å². The van der Waals surface area contributed by atoms with Gasteiger partial charge in [0.2, 0.25) is 10.0 Å². The van der Waals surface area contributed by atoms with E-state index in [-0.39, 0.29) is 6.54 Å². The molecule has 124 valence electrons. The Bertz CT molecular complexity index is 781. The molecule has 2 aromatic rings. The van der Waals surface area contributed by atoms with Crippen molar-refractivity contribution >= 4 is 21.4 Å². The zero-order chi connectivity index (χ0) is 16.3. The molecular formula is C17H21NO3S2. The van der Waals surface area contributed by atoms with Crippen LogP contribution >= 0.6 is 11.3 Å². The molecule has 23 heavy (non-hydrogen) atoms. The summed E-state index contributed by atoms with van der Waals surface area (Å²) >= 11 is 1.32. The highest BCUT2D eigenvalue weighted by atomic mass is 32.2. The number of rotatable bonds is 7. The molecule has 1 aromatic heterocycles. The quantitative estimate of drug-likeness (QED) is 0.780. The van der Waals surface area contributed by atoms with Crippen LogP contribution in [0.15, 0.2) is 34.5 Å². The Morgan fingerprint density at radius 2 is 2.00 bits per heavy atom. The Morgan fingerprint density at radius 3 is 2.78 bits per heavy atom. The Kier molecular flexibility index (Phi) is 5.04. The van der Waals surface area contributed by atoms with Gasteiger partial charge in [0, 0.05) is 11.4 Å². The second kappa shape index (κ2) is 7.03. The van der Waals surface area contributed by atoms with Crippen molar-refractivity contribution < 1.29 is 13.2 Å². The third-order valence-electron chi connectivity index (χ3n) is 3.98. The number of aryl methyl sites for hydroxylation is 3. The van der Waals surface area contributed by atoms with E-state index in [1.54, 1.807) is 6.07 Å². The number of benzene rings is 1. The Balaban J connectivity index is 1.51. The lowest BCUT2D eigenvalue weighted by molar-refractivity contribution is 0.322. The molecule has 6 heteroatoms. The third-order valence-corrected chi connectivity index (χ3v) is 7.17.